The van der Waals surface area contributed by atoms with Crippen molar-refractivity contribution in [3.05, 3.63) is 52.9 Å². The molecule has 140 valence electrons. The van der Waals surface area contributed by atoms with E-state index in [2.05, 4.69) is 44.9 Å². The first-order valence-electron chi connectivity index (χ1n) is 8.80. The molecule has 0 saturated carbocycles. The van der Waals surface area contributed by atoms with Crippen LogP contribution in [0.2, 0.25) is 23.3 Å². The molecule has 3 heterocycles. The Morgan fingerprint density at radius 3 is 2.63 bits per heavy atom. The van der Waals surface area contributed by atoms with Crippen LogP contribution in [0.3, 0.4) is 0 Å². The van der Waals surface area contributed by atoms with Crippen molar-refractivity contribution < 1.29 is 4.43 Å². The van der Waals surface area contributed by atoms with Gasteiger partial charge >= 0.3 is 0 Å². The van der Waals surface area contributed by atoms with Gasteiger partial charge in [-0.2, -0.15) is 5.26 Å². The zero-order valence-electron chi connectivity index (χ0n) is 16.2. The van der Waals surface area contributed by atoms with Crippen molar-refractivity contribution in [1.82, 2.24) is 14.4 Å². The number of nitrogens with zero attached hydrogens (tertiary/aromatic N) is 4. The molecule has 0 aliphatic heterocycles. The Labute approximate surface area is 165 Å². The van der Waals surface area contributed by atoms with Crippen LogP contribution < -0.4 is 0 Å². The quantitative estimate of drug-likeness (QED) is 0.433. The molecular weight excluding hydrogens is 376 g/mol. The maximum atomic E-state index is 9.29. The second-order valence-electron chi connectivity index (χ2n) is 8.06. The standard InChI is InChI=1S/C20H23ClN4OSi/c1-20(2,3)27(4,5)26-13-16-19(25-9-7-6-8-18(25)24-16)15-10-14(12-22)11-17(21)23-15/h6-11H,13H2,1-5H3. The van der Waals surface area contributed by atoms with Crippen molar-refractivity contribution in [2.75, 3.05) is 0 Å². The van der Waals surface area contributed by atoms with E-state index in [1.807, 2.05) is 28.8 Å². The molecule has 0 amide bonds. The van der Waals surface area contributed by atoms with Crippen LogP contribution in [0, 0.1) is 11.3 Å². The highest BCUT2D eigenvalue weighted by Gasteiger charge is 2.37. The fourth-order valence-electron chi connectivity index (χ4n) is 2.56. The number of nitriles is 1. The van der Waals surface area contributed by atoms with E-state index in [1.54, 1.807) is 12.1 Å². The fraction of sp³-hybridized carbons (Fsp3) is 0.350. The SMILES string of the molecule is CC(C)(C)[Si](C)(C)OCc1nc2ccccn2c1-c1cc(C#N)cc(Cl)n1. The highest BCUT2D eigenvalue weighted by Crippen LogP contribution is 2.37. The molecule has 0 saturated heterocycles. The molecule has 0 aliphatic carbocycles. The molecule has 7 heteroatoms. The number of halogens is 1. The second-order valence-corrected chi connectivity index (χ2v) is 13.3. The third kappa shape index (κ3) is 3.91. The summed E-state index contributed by atoms with van der Waals surface area (Å²) in [5.41, 5.74) is 3.49. The van der Waals surface area contributed by atoms with E-state index in [9.17, 15) is 5.26 Å². The normalized spacial score (nSPS) is 12.3. The van der Waals surface area contributed by atoms with E-state index in [1.165, 1.54) is 0 Å². The van der Waals surface area contributed by atoms with Gasteiger partial charge in [-0.05, 0) is 42.4 Å². The first-order chi connectivity index (χ1) is 12.6. The Balaban J connectivity index is 2.11. The highest BCUT2D eigenvalue weighted by atomic mass is 35.5. The van der Waals surface area contributed by atoms with Crippen LogP contribution in [0.1, 0.15) is 32.0 Å². The second kappa shape index (κ2) is 7.08. The minimum Gasteiger partial charge on any atom is -0.411 e. The first-order valence-corrected chi connectivity index (χ1v) is 12.1. The summed E-state index contributed by atoms with van der Waals surface area (Å²) in [4.78, 5) is 9.19. The number of hydrogen-bond acceptors (Lipinski definition) is 4. The Morgan fingerprint density at radius 2 is 1.96 bits per heavy atom. The largest absolute Gasteiger partial charge is 0.411 e. The third-order valence-electron chi connectivity index (χ3n) is 5.14. The van der Waals surface area contributed by atoms with E-state index < -0.39 is 8.32 Å². The maximum absolute atomic E-state index is 9.29. The Morgan fingerprint density at radius 1 is 1.22 bits per heavy atom. The number of aromatic nitrogens is 3. The zero-order valence-corrected chi connectivity index (χ0v) is 18.0. The topological polar surface area (TPSA) is 63.2 Å². The van der Waals surface area contributed by atoms with Gasteiger partial charge in [0.05, 0.1) is 35.3 Å². The summed E-state index contributed by atoms with van der Waals surface area (Å²) in [7, 11) is -1.94. The average molecular weight is 399 g/mol. The van der Waals surface area contributed by atoms with Gasteiger partial charge in [-0.25, -0.2) is 9.97 Å². The van der Waals surface area contributed by atoms with E-state index in [4.69, 9.17) is 21.0 Å². The molecule has 3 rings (SSSR count). The number of hydrogen-bond donors (Lipinski definition) is 0. The van der Waals surface area contributed by atoms with Crippen LogP contribution >= 0.6 is 11.6 Å². The van der Waals surface area contributed by atoms with Crippen LogP contribution in [0.25, 0.3) is 17.0 Å². The summed E-state index contributed by atoms with van der Waals surface area (Å²) in [6.45, 7) is 11.5. The Kier molecular flexibility index (Phi) is 5.13. The Hall–Kier alpha value is -2.20. The molecule has 0 aromatic carbocycles. The molecule has 0 N–H and O–H groups in total. The van der Waals surface area contributed by atoms with Crippen molar-refractivity contribution in [3.63, 3.8) is 0 Å². The van der Waals surface area contributed by atoms with Crippen molar-refractivity contribution in [3.8, 4) is 17.5 Å². The van der Waals surface area contributed by atoms with E-state index in [0.717, 1.165) is 17.0 Å². The maximum Gasteiger partial charge on any atom is 0.192 e. The molecule has 27 heavy (non-hydrogen) atoms. The molecular formula is C20H23ClN4OSi. The molecule has 3 aromatic heterocycles. The summed E-state index contributed by atoms with van der Waals surface area (Å²) < 4.78 is 8.36. The first kappa shape index (κ1) is 19.6. The highest BCUT2D eigenvalue weighted by molar-refractivity contribution is 6.74. The number of fused-ring (bicyclic) bond motifs is 1. The molecule has 0 radical (unpaired) electrons. The lowest BCUT2D eigenvalue weighted by molar-refractivity contribution is 0.273. The molecule has 0 aliphatic rings. The van der Waals surface area contributed by atoms with Crippen LogP contribution in [0.4, 0.5) is 0 Å². The molecule has 0 bridgehead atoms. The lowest BCUT2D eigenvalue weighted by Gasteiger charge is -2.36. The number of imidazole rings is 1. The predicted molar refractivity (Wildman–Crippen MR) is 110 cm³/mol. The van der Waals surface area contributed by atoms with E-state index >= 15 is 0 Å². The molecule has 0 unspecified atom stereocenters. The summed E-state index contributed by atoms with van der Waals surface area (Å²) in [5.74, 6) is 0. The molecule has 0 atom stereocenters. The van der Waals surface area contributed by atoms with Gasteiger partial charge in [-0.15, -0.1) is 0 Å². The molecule has 0 fully saturated rings. The third-order valence-corrected chi connectivity index (χ3v) is 9.82. The minimum absolute atomic E-state index is 0.106. The fourth-order valence-corrected chi connectivity index (χ4v) is 3.70. The Bertz CT molecular complexity index is 1030. The zero-order chi connectivity index (χ0) is 19.8. The average Bonchev–Trinajstić information content (AvgIpc) is 2.97. The number of pyridine rings is 2. The van der Waals surface area contributed by atoms with Gasteiger partial charge < -0.3 is 4.43 Å². The van der Waals surface area contributed by atoms with Gasteiger partial charge in [-0.1, -0.05) is 38.4 Å². The smallest absolute Gasteiger partial charge is 0.192 e. The summed E-state index contributed by atoms with van der Waals surface area (Å²) >= 11 is 6.14. The van der Waals surface area contributed by atoms with Crippen LogP contribution in [-0.4, -0.2) is 22.7 Å². The van der Waals surface area contributed by atoms with E-state index in [0.29, 0.717) is 17.9 Å². The van der Waals surface area contributed by atoms with Crippen molar-refractivity contribution in [1.29, 1.82) is 5.26 Å². The monoisotopic (exact) mass is 398 g/mol. The van der Waals surface area contributed by atoms with Crippen LogP contribution in [0.15, 0.2) is 36.5 Å². The van der Waals surface area contributed by atoms with Crippen LogP contribution in [-0.2, 0) is 11.0 Å². The van der Waals surface area contributed by atoms with Gasteiger partial charge in [-0.3, -0.25) is 4.40 Å². The van der Waals surface area contributed by atoms with Crippen molar-refractivity contribution in [2.24, 2.45) is 0 Å². The molecule has 3 aromatic rings. The minimum atomic E-state index is -1.94. The van der Waals surface area contributed by atoms with Gasteiger partial charge in [0.15, 0.2) is 8.32 Å². The molecule has 5 nitrogen and oxygen atoms in total. The number of rotatable bonds is 4. The van der Waals surface area contributed by atoms with Crippen LogP contribution in [0.5, 0.6) is 0 Å². The lowest BCUT2D eigenvalue weighted by atomic mass is 10.2. The summed E-state index contributed by atoms with van der Waals surface area (Å²) in [6, 6.07) is 11.2. The van der Waals surface area contributed by atoms with Gasteiger partial charge in [0.2, 0.25) is 0 Å². The molecule has 0 spiro atoms. The van der Waals surface area contributed by atoms with Crippen molar-refractivity contribution in [2.45, 2.75) is 45.5 Å². The van der Waals surface area contributed by atoms with Gasteiger partial charge in [0, 0.05) is 6.20 Å². The summed E-state index contributed by atoms with van der Waals surface area (Å²) in [6.07, 6.45) is 1.93. The van der Waals surface area contributed by atoms with Gasteiger partial charge in [0.25, 0.3) is 0 Å². The lowest BCUT2D eigenvalue weighted by Crippen LogP contribution is -2.40. The predicted octanol–water partition coefficient (Wildman–Crippen LogP) is 5.44. The summed E-state index contributed by atoms with van der Waals surface area (Å²) in [5, 5.41) is 9.68. The van der Waals surface area contributed by atoms with Gasteiger partial charge in [0.1, 0.15) is 10.8 Å². The van der Waals surface area contributed by atoms with Crippen molar-refractivity contribution >= 4 is 25.6 Å². The van der Waals surface area contributed by atoms with E-state index in [-0.39, 0.29) is 10.2 Å².